The Hall–Kier alpha value is -2.24. The summed E-state index contributed by atoms with van der Waals surface area (Å²) in [6.07, 6.45) is 4.61. The van der Waals surface area contributed by atoms with Crippen molar-refractivity contribution in [3.8, 4) is 0 Å². The number of nitrogens with zero attached hydrogens (tertiary/aromatic N) is 4. The van der Waals surface area contributed by atoms with Crippen molar-refractivity contribution in [2.75, 3.05) is 0 Å². The fraction of sp³-hybridized carbons (Fsp3) is 0.526. The van der Waals surface area contributed by atoms with Gasteiger partial charge in [0.05, 0.1) is 6.04 Å². The highest BCUT2D eigenvalue weighted by Crippen LogP contribution is 2.33. The first kappa shape index (κ1) is 16.2. The van der Waals surface area contributed by atoms with E-state index in [1.54, 1.807) is 19.1 Å². The Balaban J connectivity index is 1.64. The third-order valence-corrected chi connectivity index (χ3v) is 5.46. The second-order valence-corrected chi connectivity index (χ2v) is 7.16. The van der Waals surface area contributed by atoms with Crippen LogP contribution in [0.5, 0.6) is 0 Å². The summed E-state index contributed by atoms with van der Waals surface area (Å²) >= 11 is 0. The van der Waals surface area contributed by atoms with Crippen LogP contribution in [0.4, 0.5) is 4.39 Å². The molecule has 2 unspecified atom stereocenters. The molecule has 2 atom stereocenters. The van der Waals surface area contributed by atoms with Crippen LogP contribution in [0.25, 0.3) is 0 Å². The van der Waals surface area contributed by atoms with Gasteiger partial charge in [-0.3, -0.25) is 4.79 Å². The smallest absolute Gasteiger partial charge is 0.254 e. The second-order valence-electron chi connectivity index (χ2n) is 7.16. The van der Waals surface area contributed by atoms with E-state index >= 15 is 0 Å². The van der Waals surface area contributed by atoms with Crippen molar-refractivity contribution in [2.45, 2.75) is 64.6 Å². The average molecular weight is 342 g/mol. The van der Waals surface area contributed by atoms with Crippen molar-refractivity contribution in [3.63, 3.8) is 0 Å². The Morgan fingerprint density at radius 3 is 2.84 bits per heavy atom. The molecule has 6 heteroatoms. The number of carbonyl (C=O) groups is 1. The van der Waals surface area contributed by atoms with Gasteiger partial charge in [0.2, 0.25) is 0 Å². The molecule has 0 spiro atoms. The summed E-state index contributed by atoms with van der Waals surface area (Å²) in [6, 6.07) is 5.03. The molecular formula is C19H23FN4O. The van der Waals surface area contributed by atoms with Crippen LogP contribution in [0.15, 0.2) is 18.2 Å². The first-order valence-electron chi connectivity index (χ1n) is 9.08. The first-order valence-corrected chi connectivity index (χ1v) is 9.08. The zero-order valence-corrected chi connectivity index (χ0v) is 14.7. The van der Waals surface area contributed by atoms with Gasteiger partial charge in [0.15, 0.2) is 0 Å². The molecule has 0 radical (unpaired) electrons. The summed E-state index contributed by atoms with van der Waals surface area (Å²) in [4.78, 5) is 15.0. The fourth-order valence-electron chi connectivity index (χ4n) is 4.11. The van der Waals surface area contributed by atoms with E-state index in [1.807, 2.05) is 4.90 Å². The molecule has 3 heterocycles. The van der Waals surface area contributed by atoms with Gasteiger partial charge in [-0.05, 0) is 43.9 Å². The molecule has 0 N–H and O–H groups in total. The Kier molecular flexibility index (Phi) is 4.06. The molecular weight excluding hydrogens is 319 g/mol. The molecule has 1 saturated heterocycles. The van der Waals surface area contributed by atoms with Crippen LogP contribution in [-0.2, 0) is 19.4 Å². The van der Waals surface area contributed by atoms with Gasteiger partial charge in [0.1, 0.15) is 17.5 Å². The standard InChI is InChI=1S/C19H23FN4O/c1-3-4-17-21-22-18-10-14-7-8-15(11-23(17)18)24(14)19(25)13-6-5-12(2)16(20)9-13/h5-6,9,14-15H,3-4,7-8,10-11H2,1-2H3. The van der Waals surface area contributed by atoms with Crippen molar-refractivity contribution < 1.29 is 9.18 Å². The lowest BCUT2D eigenvalue weighted by atomic mass is 10.1. The normalized spacial score (nSPS) is 22.0. The van der Waals surface area contributed by atoms with Crippen molar-refractivity contribution in [2.24, 2.45) is 0 Å². The Bertz CT molecular complexity index is 816. The molecule has 1 aromatic heterocycles. The van der Waals surface area contributed by atoms with Gasteiger partial charge in [-0.1, -0.05) is 13.0 Å². The minimum atomic E-state index is -0.324. The summed E-state index contributed by atoms with van der Waals surface area (Å²) in [6.45, 7) is 4.58. The van der Waals surface area contributed by atoms with Gasteiger partial charge < -0.3 is 9.47 Å². The summed E-state index contributed by atoms with van der Waals surface area (Å²) < 4.78 is 16.1. The van der Waals surface area contributed by atoms with Crippen LogP contribution in [0.3, 0.4) is 0 Å². The monoisotopic (exact) mass is 342 g/mol. The lowest BCUT2D eigenvalue weighted by Gasteiger charge is -2.28. The maximum Gasteiger partial charge on any atom is 0.254 e. The van der Waals surface area contributed by atoms with Gasteiger partial charge in [-0.25, -0.2) is 4.39 Å². The minimum absolute atomic E-state index is 0.0675. The summed E-state index contributed by atoms with van der Waals surface area (Å²) in [5.41, 5.74) is 0.997. The zero-order valence-electron chi connectivity index (χ0n) is 14.7. The summed E-state index contributed by atoms with van der Waals surface area (Å²) in [7, 11) is 0. The first-order chi connectivity index (χ1) is 12.1. The highest BCUT2D eigenvalue weighted by molar-refractivity contribution is 5.95. The molecule has 1 amide bonds. The van der Waals surface area contributed by atoms with E-state index in [1.165, 1.54) is 6.07 Å². The van der Waals surface area contributed by atoms with Crippen molar-refractivity contribution in [1.82, 2.24) is 19.7 Å². The second kappa shape index (κ2) is 6.24. The molecule has 2 aliphatic rings. The van der Waals surface area contributed by atoms with E-state index in [0.29, 0.717) is 11.1 Å². The maximum atomic E-state index is 13.9. The van der Waals surface area contributed by atoms with Gasteiger partial charge in [0.25, 0.3) is 5.91 Å². The molecule has 2 aromatic rings. The number of hydrogen-bond acceptors (Lipinski definition) is 3. The SMILES string of the molecule is CCCc1nnc2n1CC1CCC(C2)N1C(=O)c1ccc(C)c(F)c1. The third kappa shape index (κ3) is 2.73. The van der Waals surface area contributed by atoms with Gasteiger partial charge >= 0.3 is 0 Å². The summed E-state index contributed by atoms with van der Waals surface area (Å²) in [5.74, 6) is 1.60. The number of aryl methyl sites for hydroxylation is 2. The fourth-order valence-corrected chi connectivity index (χ4v) is 4.11. The molecule has 2 bridgehead atoms. The van der Waals surface area contributed by atoms with Crippen molar-refractivity contribution in [1.29, 1.82) is 0 Å². The Morgan fingerprint density at radius 1 is 1.28 bits per heavy atom. The topological polar surface area (TPSA) is 51.0 Å². The summed E-state index contributed by atoms with van der Waals surface area (Å²) in [5, 5.41) is 8.70. The Morgan fingerprint density at radius 2 is 2.08 bits per heavy atom. The molecule has 1 aromatic carbocycles. The lowest BCUT2D eigenvalue weighted by molar-refractivity contribution is 0.0664. The number of fused-ring (bicyclic) bond motifs is 3. The lowest BCUT2D eigenvalue weighted by Crippen LogP contribution is -2.42. The molecule has 1 fully saturated rings. The molecule has 25 heavy (non-hydrogen) atoms. The molecule has 0 aliphatic carbocycles. The average Bonchev–Trinajstić information content (AvgIpc) is 3.09. The van der Waals surface area contributed by atoms with Gasteiger partial charge in [-0.2, -0.15) is 0 Å². The van der Waals surface area contributed by atoms with Gasteiger partial charge in [-0.15, -0.1) is 10.2 Å². The van der Waals surface area contributed by atoms with E-state index in [0.717, 1.165) is 50.3 Å². The quantitative estimate of drug-likeness (QED) is 0.862. The van der Waals surface area contributed by atoms with E-state index in [2.05, 4.69) is 21.7 Å². The predicted octanol–water partition coefficient (Wildman–Crippen LogP) is 2.91. The number of aromatic nitrogens is 3. The molecule has 132 valence electrons. The van der Waals surface area contributed by atoms with Crippen LogP contribution in [0.1, 0.15) is 53.8 Å². The highest BCUT2D eigenvalue weighted by Gasteiger charge is 2.41. The van der Waals surface area contributed by atoms with E-state index in [4.69, 9.17) is 0 Å². The number of rotatable bonds is 3. The van der Waals surface area contributed by atoms with Crippen LogP contribution < -0.4 is 0 Å². The van der Waals surface area contributed by atoms with Crippen LogP contribution in [0, 0.1) is 12.7 Å². The number of benzene rings is 1. The number of amides is 1. The highest BCUT2D eigenvalue weighted by atomic mass is 19.1. The maximum absolute atomic E-state index is 13.9. The largest absolute Gasteiger partial charge is 0.330 e. The van der Waals surface area contributed by atoms with E-state index in [9.17, 15) is 9.18 Å². The van der Waals surface area contributed by atoms with Gasteiger partial charge in [0, 0.05) is 31.0 Å². The molecule has 0 saturated carbocycles. The number of hydrogen-bond donors (Lipinski definition) is 0. The molecule has 2 aliphatic heterocycles. The van der Waals surface area contributed by atoms with Crippen LogP contribution in [-0.4, -0.2) is 37.7 Å². The molecule has 5 nitrogen and oxygen atoms in total. The van der Waals surface area contributed by atoms with Crippen LogP contribution in [0.2, 0.25) is 0 Å². The minimum Gasteiger partial charge on any atom is -0.330 e. The third-order valence-electron chi connectivity index (χ3n) is 5.46. The van der Waals surface area contributed by atoms with Crippen LogP contribution >= 0.6 is 0 Å². The Labute approximate surface area is 146 Å². The number of halogens is 1. The zero-order chi connectivity index (χ0) is 17.6. The van der Waals surface area contributed by atoms with Crippen molar-refractivity contribution in [3.05, 3.63) is 46.8 Å². The van der Waals surface area contributed by atoms with E-state index < -0.39 is 0 Å². The predicted molar refractivity (Wildman–Crippen MR) is 91.8 cm³/mol. The number of carbonyl (C=O) groups excluding carboxylic acids is 1. The van der Waals surface area contributed by atoms with Crippen molar-refractivity contribution >= 4 is 5.91 Å². The van der Waals surface area contributed by atoms with E-state index in [-0.39, 0.29) is 23.8 Å². The molecule has 4 rings (SSSR count).